The number of fused-ring (bicyclic) bond motifs is 1. The highest BCUT2D eigenvalue weighted by molar-refractivity contribution is 7.15. The van der Waals surface area contributed by atoms with E-state index in [1.165, 1.54) is 23.1 Å². The molecular formula is C16H16N4O2S. The third-order valence-corrected chi connectivity index (χ3v) is 4.55. The fraction of sp³-hybridized carbons (Fsp3) is 0.250. The van der Waals surface area contributed by atoms with Gasteiger partial charge in [0.2, 0.25) is 0 Å². The van der Waals surface area contributed by atoms with Crippen molar-refractivity contribution in [3.63, 3.8) is 0 Å². The van der Waals surface area contributed by atoms with E-state index in [9.17, 15) is 9.59 Å². The normalized spacial score (nSPS) is 10.9. The van der Waals surface area contributed by atoms with E-state index in [0.29, 0.717) is 15.9 Å². The largest absolute Gasteiger partial charge is 0.296 e. The SMILES string of the molecule is CCc1nc(NC(=O)c2nn(C)c(=O)c3ccccc23)sc1C. The number of nitrogens with zero attached hydrogens (tertiary/aromatic N) is 3. The van der Waals surface area contributed by atoms with Crippen LogP contribution in [0.25, 0.3) is 10.8 Å². The minimum absolute atomic E-state index is 0.216. The molecule has 1 amide bonds. The van der Waals surface area contributed by atoms with E-state index in [-0.39, 0.29) is 17.2 Å². The lowest BCUT2D eigenvalue weighted by atomic mass is 10.1. The first kappa shape index (κ1) is 15.4. The van der Waals surface area contributed by atoms with Gasteiger partial charge in [-0.15, -0.1) is 11.3 Å². The molecule has 0 unspecified atom stereocenters. The van der Waals surface area contributed by atoms with E-state index in [0.717, 1.165) is 17.0 Å². The van der Waals surface area contributed by atoms with Crippen LogP contribution in [-0.2, 0) is 13.5 Å². The molecule has 7 heteroatoms. The summed E-state index contributed by atoms with van der Waals surface area (Å²) in [5.41, 5.74) is 0.965. The number of amides is 1. The van der Waals surface area contributed by atoms with Crippen molar-refractivity contribution in [1.82, 2.24) is 14.8 Å². The second-order valence-corrected chi connectivity index (χ2v) is 6.36. The molecule has 0 saturated carbocycles. The van der Waals surface area contributed by atoms with Crippen LogP contribution < -0.4 is 10.9 Å². The Hall–Kier alpha value is -2.54. The maximum absolute atomic E-state index is 12.6. The molecule has 3 aromatic rings. The number of rotatable bonds is 3. The highest BCUT2D eigenvalue weighted by Crippen LogP contribution is 2.23. The Morgan fingerprint density at radius 2 is 2.00 bits per heavy atom. The van der Waals surface area contributed by atoms with Gasteiger partial charge in [0, 0.05) is 17.3 Å². The van der Waals surface area contributed by atoms with Crippen LogP contribution in [-0.4, -0.2) is 20.7 Å². The summed E-state index contributed by atoms with van der Waals surface area (Å²) in [5.74, 6) is -0.367. The van der Waals surface area contributed by atoms with Gasteiger partial charge in [-0.1, -0.05) is 25.1 Å². The highest BCUT2D eigenvalue weighted by Gasteiger charge is 2.17. The fourth-order valence-corrected chi connectivity index (χ4v) is 3.33. The summed E-state index contributed by atoms with van der Waals surface area (Å²) in [6.45, 7) is 4.00. The summed E-state index contributed by atoms with van der Waals surface area (Å²) >= 11 is 1.44. The second-order valence-electron chi connectivity index (χ2n) is 5.15. The van der Waals surface area contributed by atoms with Gasteiger partial charge < -0.3 is 0 Å². The van der Waals surface area contributed by atoms with Crippen LogP contribution in [0.2, 0.25) is 0 Å². The summed E-state index contributed by atoms with van der Waals surface area (Å²) in [5, 5.41) is 8.45. The van der Waals surface area contributed by atoms with Gasteiger partial charge in [-0.2, -0.15) is 5.10 Å². The first-order chi connectivity index (χ1) is 11.0. The number of thiazole rings is 1. The summed E-state index contributed by atoms with van der Waals surface area (Å²) in [4.78, 5) is 30.2. The molecule has 23 heavy (non-hydrogen) atoms. The monoisotopic (exact) mass is 328 g/mol. The van der Waals surface area contributed by atoms with Crippen LogP contribution in [0.3, 0.4) is 0 Å². The number of anilines is 1. The van der Waals surface area contributed by atoms with E-state index in [1.807, 2.05) is 13.8 Å². The molecule has 0 spiro atoms. The summed E-state index contributed by atoms with van der Waals surface area (Å²) in [6, 6.07) is 6.97. The first-order valence-corrected chi connectivity index (χ1v) is 8.06. The maximum atomic E-state index is 12.6. The Labute approximate surface area is 136 Å². The first-order valence-electron chi connectivity index (χ1n) is 7.25. The molecule has 118 valence electrons. The van der Waals surface area contributed by atoms with Crippen molar-refractivity contribution in [2.45, 2.75) is 20.3 Å². The molecule has 0 bridgehead atoms. The minimum Gasteiger partial charge on any atom is -0.296 e. The van der Waals surface area contributed by atoms with Crippen LogP contribution in [0, 0.1) is 6.92 Å². The van der Waals surface area contributed by atoms with Crippen molar-refractivity contribution in [3.8, 4) is 0 Å². The van der Waals surface area contributed by atoms with Gasteiger partial charge >= 0.3 is 0 Å². The topological polar surface area (TPSA) is 76.9 Å². The van der Waals surface area contributed by atoms with Crippen molar-refractivity contribution < 1.29 is 4.79 Å². The predicted octanol–water partition coefficient (Wildman–Crippen LogP) is 2.51. The molecule has 3 rings (SSSR count). The number of hydrogen-bond donors (Lipinski definition) is 1. The molecule has 1 N–H and O–H groups in total. The summed E-state index contributed by atoms with van der Waals surface area (Å²) in [7, 11) is 1.54. The maximum Gasteiger partial charge on any atom is 0.278 e. The number of aryl methyl sites for hydroxylation is 3. The van der Waals surface area contributed by atoms with Gasteiger partial charge in [0.15, 0.2) is 10.8 Å². The molecule has 0 aliphatic heterocycles. The molecule has 0 aliphatic rings. The molecule has 0 radical (unpaired) electrons. The number of carbonyl (C=O) groups is 1. The minimum atomic E-state index is -0.367. The van der Waals surface area contributed by atoms with Crippen LogP contribution in [0.1, 0.15) is 28.0 Å². The smallest absolute Gasteiger partial charge is 0.278 e. The van der Waals surface area contributed by atoms with Gasteiger partial charge in [0.05, 0.1) is 11.1 Å². The molecule has 0 aliphatic carbocycles. The molecule has 0 fully saturated rings. The molecule has 2 aromatic heterocycles. The molecule has 1 aromatic carbocycles. The Balaban J connectivity index is 2.04. The Kier molecular flexibility index (Phi) is 3.96. The zero-order chi connectivity index (χ0) is 16.6. The zero-order valence-corrected chi connectivity index (χ0v) is 13.9. The van der Waals surface area contributed by atoms with Crippen molar-refractivity contribution in [3.05, 3.63) is 50.9 Å². The number of hydrogen-bond acceptors (Lipinski definition) is 5. The average molecular weight is 328 g/mol. The lowest BCUT2D eigenvalue weighted by molar-refractivity contribution is 0.102. The van der Waals surface area contributed by atoms with E-state index >= 15 is 0 Å². The van der Waals surface area contributed by atoms with Crippen LogP contribution in [0.5, 0.6) is 0 Å². The van der Waals surface area contributed by atoms with Gasteiger partial charge in [-0.3, -0.25) is 14.9 Å². The lowest BCUT2D eigenvalue weighted by Gasteiger charge is -2.07. The molecule has 0 saturated heterocycles. The van der Waals surface area contributed by atoms with Crippen LogP contribution in [0.4, 0.5) is 5.13 Å². The van der Waals surface area contributed by atoms with Crippen molar-refractivity contribution in [2.75, 3.05) is 5.32 Å². The zero-order valence-electron chi connectivity index (χ0n) is 13.1. The van der Waals surface area contributed by atoms with Gasteiger partial charge in [0.25, 0.3) is 11.5 Å². The van der Waals surface area contributed by atoms with Crippen LogP contribution >= 0.6 is 11.3 Å². The Morgan fingerprint density at radius 1 is 1.30 bits per heavy atom. The van der Waals surface area contributed by atoms with E-state index in [2.05, 4.69) is 15.4 Å². The number of nitrogens with one attached hydrogen (secondary N) is 1. The number of aromatic nitrogens is 3. The Bertz CT molecular complexity index is 958. The van der Waals surface area contributed by atoms with Gasteiger partial charge in [0.1, 0.15) is 0 Å². The molecule has 0 atom stereocenters. The highest BCUT2D eigenvalue weighted by atomic mass is 32.1. The number of carbonyl (C=O) groups excluding carboxylic acids is 1. The van der Waals surface area contributed by atoms with Crippen molar-refractivity contribution >= 4 is 33.1 Å². The molecular weight excluding hydrogens is 312 g/mol. The quantitative estimate of drug-likeness (QED) is 0.801. The van der Waals surface area contributed by atoms with Crippen molar-refractivity contribution in [2.24, 2.45) is 7.05 Å². The van der Waals surface area contributed by atoms with Crippen LogP contribution in [0.15, 0.2) is 29.1 Å². The Morgan fingerprint density at radius 3 is 2.65 bits per heavy atom. The van der Waals surface area contributed by atoms with Gasteiger partial charge in [-0.25, -0.2) is 9.67 Å². The molecule has 6 nitrogen and oxygen atoms in total. The predicted molar refractivity (Wildman–Crippen MR) is 91.2 cm³/mol. The lowest BCUT2D eigenvalue weighted by Crippen LogP contribution is -2.25. The fourth-order valence-electron chi connectivity index (χ4n) is 2.43. The third kappa shape index (κ3) is 2.75. The van der Waals surface area contributed by atoms with E-state index in [4.69, 9.17) is 0 Å². The average Bonchev–Trinajstić information content (AvgIpc) is 2.90. The summed E-state index contributed by atoms with van der Waals surface area (Å²) in [6.07, 6.45) is 0.819. The standard InChI is InChI=1S/C16H16N4O2S/c1-4-12-9(2)23-16(17-12)18-14(21)13-10-7-5-6-8-11(10)15(22)20(3)19-13/h5-8H,4H2,1-3H3,(H,17,18,21). The van der Waals surface area contributed by atoms with E-state index in [1.54, 1.807) is 24.3 Å². The second kappa shape index (κ2) is 5.92. The van der Waals surface area contributed by atoms with Gasteiger partial charge in [-0.05, 0) is 19.4 Å². The summed E-state index contributed by atoms with van der Waals surface area (Å²) < 4.78 is 1.18. The van der Waals surface area contributed by atoms with Crippen molar-refractivity contribution in [1.29, 1.82) is 0 Å². The third-order valence-electron chi connectivity index (χ3n) is 3.62. The van der Waals surface area contributed by atoms with E-state index < -0.39 is 0 Å². The number of benzene rings is 1. The molecule has 2 heterocycles.